The number of carboxylic acid groups (broad SMARTS) is 1. The minimum absolute atomic E-state index is 0.419. The Bertz CT molecular complexity index is 688. The highest BCUT2D eigenvalue weighted by molar-refractivity contribution is 5.74. The van der Waals surface area contributed by atoms with Crippen molar-refractivity contribution in [1.29, 1.82) is 0 Å². The standard InChI is InChI=1S/C15H16N4O2/c1-10-7-19-5-4-17-13-3-2-11(14(20)21)6-12(13)15(19,18-10)8-16-9-19/h2-5,7,9,11,17-18H,6,8H2,1H3/p+1. The summed E-state index contributed by atoms with van der Waals surface area (Å²) in [6.45, 7) is 2.64. The minimum Gasteiger partial charge on any atom is -0.481 e. The van der Waals surface area contributed by atoms with Crippen molar-refractivity contribution in [2.24, 2.45) is 10.9 Å². The molecule has 6 heteroatoms. The van der Waals surface area contributed by atoms with E-state index < -0.39 is 17.6 Å². The molecular formula is C15H17N4O2+. The van der Waals surface area contributed by atoms with Crippen LogP contribution in [0.1, 0.15) is 13.3 Å². The number of rotatable bonds is 1. The minimum atomic E-state index is -0.786. The molecule has 0 bridgehead atoms. The second-order valence-electron chi connectivity index (χ2n) is 5.95. The number of aliphatic imine (C=N–C) groups is 1. The summed E-state index contributed by atoms with van der Waals surface area (Å²) < 4.78 is 0.477. The fourth-order valence-electron chi connectivity index (χ4n) is 3.76. The van der Waals surface area contributed by atoms with Gasteiger partial charge in [-0.25, -0.2) is 4.99 Å². The van der Waals surface area contributed by atoms with E-state index in [4.69, 9.17) is 0 Å². The molecule has 3 heterocycles. The monoisotopic (exact) mass is 285 g/mol. The maximum absolute atomic E-state index is 11.4. The Morgan fingerprint density at radius 3 is 3.24 bits per heavy atom. The topological polar surface area (TPSA) is 73.7 Å². The third kappa shape index (κ3) is 1.45. The van der Waals surface area contributed by atoms with Crippen LogP contribution < -0.4 is 10.6 Å². The molecule has 4 rings (SSSR count). The van der Waals surface area contributed by atoms with Gasteiger partial charge in [0, 0.05) is 11.3 Å². The van der Waals surface area contributed by atoms with Gasteiger partial charge < -0.3 is 15.7 Å². The summed E-state index contributed by atoms with van der Waals surface area (Å²) in [5.41, 5.74) is 2.72. The van der Waals surface area contributed by atoms with Crippen LogP contribution in [-0.2, 0) is 4.79 Å². The molecule has 0 aromatic heterocycles. The van der Waals surface area contributed by atoms with Crippen molar-refractivity contribution >= 4 is 12.3 Å². The molecule has 21 heavy (non-hydrogen) atoms. The van der Waals surface area contributed by atoms with Crippen LogP contribution in [0.4, 0.5) is 0 Å². The van der Waals surface area contributed by atoms with Crippen LogP contribution in [0.5, 0.6) is 0 Å². The van der Waals surface area contributed by atoms with Gasteiger partial charge in [-0.2, -0.15) is 4.48 Å². The highest BCUT2D eigenvalue weighted by Crippen LogP contribution is 2.45. The Balaban J connectivity index is 1.87. The maximum Gasteiger partial charge on any atom is 0.310 e. The summed E-state index contributed by atoms with van der Waals surface area (Å²) in [6, 6.07) is 0. The first kappa shape index (κ1) is 12.4. The van der Waals surface area contributed by atoms with Gasteiger partial charge in [0.2, 0.25) is 5.66 Å². The molecule has 3 aliphatic heterocycles. The van der Waals surface area contributed by atoms with Crippen molar-refractivity contribution in [3.05, 3.63) is 47.7 Å². The molecule has 3 atom stereocenters. The zero-order chi connectivity index (χ0) is 14.7. The van der Waals surface area contributed by atoms with E-state index in [1.807, 2.05) is 25.5 Å². The molecule has 0 saturated carbocycles. The molecule has 6 nitrogen and oxygen atoms in total. The molecule has 0 radical (unpaired) electrons. The predicted octanol–water partition coefficient (Wildman–Crippen LogP) is 0.995. The largest absolute Gasteiger partial charge is 0.481 e. The summed E-state index contributed by atoms with van der Waals surface area (Å²) >= 11 is 0. The van der Waals surface area contributed by atoms with Gasteiger partial charge in [-0.05, 0) is 19.4 Å². The number of quaternary nitrogens is 1. The molecule has 3 unspecified atom stereocenters. The fourth-order valence-corrected chi connectivity index (χ4v) is 3.76. The first-order valence-corrected chi connectivity index (χ1v) is 7.02. The Labute approximate surface area is 122 Å². The van der Waals surface area contributed by atoms with Crippen molar-refractivity contribution in [1.82, 2.24) is 10.6 Å². The van der Waals surface area contributed by atoms with Crippen LogP contribution in [0.15, 0.2) is 52.7 Å². The van der Waals surface area contributed by atoms with Gasteiger partial charge in [-0.1, -0.05) is 6.08 Å². The molecule has 0 spiro atoms. The van der Waals surface area contributed by atoms with E-state index >= 15 is 0 Å². The van der Waals surface area contributed by atoms with E-state index in [1.165, 1.54) is 0 Å². The lowest BCUT2D eigenvalue weighted by molar-refractivity contribution is -0.769. The summed E-state index contributed by atoms with van der Waals surface area (Å²) in [6.07, 6.45) is 12.1. The maximum atomic E-state index is 11.4. The van der Waals surface area contributed by atoms with Crippen molar-refractivity contribution in [2.45, 2.75) is 19.0 Å². The van der Waals surface area contributed by atoms with Gasteiger partial charge in [0.05, 0.1) is 17.8 Å². The van der Waals surface area contributed by atoms with E-state index in [1.54, 1.807) is 6.08 Å². The highest BCUT2D eigenvalue weighted by atomic mass is 16.4. The lowest BCUT2D eigenvalue weighted by atomic mass is 9.83. The third-order valence-corrected chi connectivity index (χ3v) is 4.69. The Kier molecular flexibility index (Phi) is 2.28. The summed E-state index contributed by atoms with van der Waals surface area (Å²) in [5, 5.41) is 16.2. The van der Waals surface area contributed by atoms with E-state index in [9.17, 15) is 9.90 Å². The number of hydrogen-bond donors (Lipinski definition) is 3. The van der Waals surface area contributed by atoms with Crippen LogP contribution in [0, 0.1) is 5.92 Å². The number of aliphatic carboxylic acids is 1. The molecule has 0 aromatic rings. The Morgan fingerprint density at radius 2 is 2.43 bits per heavy atom. The smallest absolute Gasteiger partial charge is 0.310 e. The number of carboxylic acids is 1. The summed E-state index contributed by atoms with van der Waals surface area (Å²) in [5.74, 6) is -1.27. The molecule has 0 aromatic carbocycles. The molecule has 0 amide bonds. The zero-order valence-electron chi connectivity index (χ0n) is 11.7. The van der Waals surface area contributed by atoms with Crippen LogP contribution in [-0.4, -0.2) is 34.1 Å². The average Bonchev–Trinajstić information content (AvgIpc) is 2.86. The predicted molar refractivity (Wildman–Crippen MR) is 77.4 cm³/mol. The number of allylic oxidation sites excluding steroid dienone is 2. The van der Waals surface area contributed by atoms with Crippen LogP contribution in [0.2, 0.25) is 0 Å². The molecular weight excluding hydrogens is 268 g/mol. The van der Waals surface area contributed by atoms with Crippen LogP contribution in [0.3, 0.4) is 0 Å². The van der Waals surface area contributed by atoms with E-state index in [-0.39, 0.29) is 0 Å². The number of nitrogens with one attached hydrogen (secondary N) is 2. The number of hydrogen-bond acceptors (Lipinski definition) is 4. The van der Waals surface area contributed by atoms with E-state index in [0.29, 0.717) is 17.4 Å². The quantitative estimate of drug-likeness (QED) is 0.628. The molecule has 3 N–H and O–H groups in total. The second kappa shape index (κ2) is 3.85. The summed E-state index contributed by atoms with van der Waals surface area (Å²) in [7, 11) is 0. The number of carbonyl (C=O) groups is 1. The van der Waals surface area contributed by atoms with Gasteiger partial charge >= 0.3 is 5.97 Å². The third-order valence-electron chi connectivity index (χ3n) is 4.69. The first-order chi connectivity index (χ1) is 10.1. The molecule has 1 aliphatic carbocycles. The van der Waals surface area contributed by atoms with E-state index in [2.05, 4.69) is 28.0 Å². The molecule has 4 aliphatic rings. The van der Waals surface area contributed by atoms with Crippen LogP contribution in [0.25, 0.3) is 0 Å². The van der Waals surface area contributed by atoms with Crippen molar-refractivity contribution in [3.8, 4) is 0 Å². The molecule has 0 fully saturated rings. The molecule has 0 saturated heterocycles. The van der Waals surface area contributed by atoms with E-state index in [0.717, 1.165) is 17.0 Å². The van der Waals surface area contributed by atoms with Gasteiger partial charge in [-0.3, -0.25) is 4.79 Å². The average molecular weight is 285 g/mol. The SMILES string of the molecule is CC1=C[N+]23C=CNC4=C(CC(C(=O)O)C=C4)C2(CN=C3)N1. The molecule has 108 valence electrons. The van der Waals surface area contributed by atoms with Crippen LogP contribution >= 0.6 is 0 Å². The Morgan fingerprint density at radius 1 is 1.57 bits per heavy atom. The first-order valence-electron chi connectivity index (χ1n) is 7.02. The zero-order valence-corrected chi connectivity index (χ0v) is 11.7. The fraction of sp³-hybridized carbons (Fsp3) is 0.333. The van der Waals surface area contributed by atoms with Gasteiger partial charge in [0.15, 0.2) is 6.34 Å². The van der Waals surface area contributed by atoms with Gasteiger partial charge in [-0.15, -0.1) is 0 Å². The van der Waals surface area contributed by atoms with Crippen molar-refractivity contribution in [3.63, 3.8) is 0 Å². The lowest BCUT2D eigenvalue weighted by Crippen LogP contribution is -2.61. The summed E-state index contributed by atoms with van der Waals surface area (Å²) in [4.78, 5) is 15.9. The number of nitrogens with zero attached hydrogens (tertiary/aromatic N) is 2. The lowest BCUT2D eigenvalue weighted by Gasteiger charge is -2.39. The second-order valence-corrected chi connectivity index (χ2v) is 5.95. The highest BCUT2D eigenvalue weighted by Gasteiger charge is 2.60. The van der Waals surface area contributed by atoms with Gasteiger partial charge in [0.25, 0.3) is 0 Å². The van der Waals surface area contributed by atoms with Crippen molar-refractivity contribution in [2.75, 3.05) is 6.54 Å². The Hall–Kier alpha value is -2.34. The van der Waals surface area contributed by atoms with Crippen molar-refractivity contribution < 1.29 is 14.4 Å². The van der Waals surface area contributed by atoms with Gasteiger partial charge in [0.1, 0.15) is 18.9 Å². The normalized spacial score (nSPS) is 38.9.